The Balaban J connectivity index is 2.34. The first kappa shape index (κ1) is 17.5. The molecule has 0 aliphatic carbocycles. The number of rotatable bonds is 7. The summed E-state index contributed by atoms with van der Waals surface area (Å²) in [6.07, 6.45) is -1.59. The van der Waals surface area contributed by atoms with Gasteiger partial charge in [0.05, 0.1) is 13.2 Å². The molecule has 7 heteroatoms. The number of carboxylic acid groups (broad SMARTS) is 1. The SMILES string of the molecule is CCC(C)OC(=O)C(Oc1cccc2ccc(OC)nc12)C(=O)O. The first-order valence-corrected chi connectivity index (χ1v) is 7.50. The van der Waals surface area contributed by atoms with Gasteiger partial charge in [0, 0.05) is 11.5 Å². The molecule has 0 amide bonds. The first-order valence-electron chi connectivity index (χ1n) is 7.50. The fourth-order valence-corrected chi connectivity index (χ4v) is 1.98. The van der Waals surface area contributed by atoms with Crippen LogP contribution in [0.25, 0.3) is 10.9 Å². The van der Waals surface area contributed by atoms with Crippen LogP contribution in [0.5, 0.6) is 11.6 Å². The van der Waals surface area contributed by atoms with Crippen LogP contribution in [0.1, 0.15) is 20.3 Å². The van der Waals surface area contributed by atoms with Crippen LogP contribution in [0.15, 0.2) is 30.3 Å². The average Bonchev–Trinajstić information content (AvgIpc) is 2.58. The third-order valence-corrected chi connectivity index (χ3v) is 3.44. The summed E-state index contributed by atoms with van der Waals surface area (Å²) < 4.78 is 15.5. The molecule has 1 heterocycles. The van der Waals surface area contributed by atoms with Crippen molar-refractivity contribution in [2.75, 3.05) is 7.11 Å². The van der Waals surface area contributed by atoms with E-state index in [1.807, 2.05) is 6.92 Å². The van der Waals surface area contributed by atoms with Crippen LogP contribution >= 0.6 is 0 Å². The van der Waals surface area contributed by atoms with Gasteiger partial charge in [-0.1, -0.05) is 19.1 Å². The summed E-state index contributed by atoms with van der Waals surface area (Å²) in [7, 11) is 1.47. The van der Waals surface area contributed by atoms with Gasteiger partial charge in [0.1, 0.15) is 11.3 Å². The summed E-state index contributed by atoms with van der Waals surface area (Å²) in [5.41, 5.74) is 0.402. The van der Waals surface area contributed by atoms with Crippen LogP contribution in [0.4, 0.5) is 0 Å². The molecular formula is C17H19NO6. The number of nitrogens with zero attached hydrogens (tertiary/aromatic N) is 1. The highest BCUT2D eigenvalue weighted by atomic mass is 16.6. The highest BCUT2D eigenvalue weighted by Crippen LogP contribution is 2.27. The van der Waals surface area contributed by atoms with Crippen LogP contribution in [0.2, 0.25) is 0 Å². The molecule has 0 aliphatic heterocycles. The maximum atomic E-state index is 12.0. The van der Waals surface area contributed by atoms with Crippen molar-refractivity contribution in [3.05, 3.63) is 30.3 Å². The van der Waals surface area contributed by atoms with Crippen molar-refractivity contribution in [2.45, 2.75) is 32.5 Å². The maximum Gasteiger partial charge on any atom is 0.359 e. The molecule has 2 unspecified atom stereocenters. The van der Waals surface area contributed by atoms with Gasteiger partial charge in [-0.25, -0.2) is 14.6 Å². The summed E-state index contributed by atoms with van der Waals surface area (Å²) in [6.45, 7) is 3.51. The number of hydrogen-bond acceptors (Lipinski definition) is 6. The summed E-state index contributed by atoms with van der Waals surface area (Å²) in [5.74, 6) is -1.85. The van der Waals surface area contributed by atoms with Gasteiger partial charge in [0.25, 0.3) is 6.10 Å². The zero-order valence-corrected chi connectivity index (χ0v) is 13.7. The predicted octanol–water partition coefficient (Wildman–Crippen LogP) is 2.42. The maximum absolute atomic E-state index is 12.0. The zero-order valence-electron chi connectivity index (χ0n) is 13.7. The average molecular weight is 333 g/mol. The van der Waals surface area contributed by atoms with Gasteiger partial charge >= 0.3 is 11.9 Å². The lowest BCUT2D eigenvalue weighted by atomic mass is 10.2. The smallest absolute Gasteiger partial charge is 0.359 e. The molecule has 7 nitrogen and oxygen atoms in total. The molecule has 24 heavy (non-hydrogen) atoms. The first-order chi connectivity index (χ1) is 11.5. The van der Waals surface area contributed by atoms with Crippen molar-refractivity contribution in [3.63, 3.8) is 0 Å². The molecule has 0 aliphatic rings. The zero-order chi connectivity index (χ0) is 17.7. The monoisotopic (exact) mass is 333 g/mol. The molecule has 1 aromatic heterocycles. The van der Waals surface area contributed by atoms with Crippen LogP contribution in [-0.4, -0.2) is 41.3 Å². The lowest BCUT2D eigenvalue weighted by molar-refractivity contribution is -0.166. The number of carboxylic acids is 1. The van der Waals surface area contributed by atoms with Crippen LogP contribution in [0, 0.1) is 0 Å². The normalized spacial score (nSPS) is 13.1. The second-order valence-electron chi connectivity index (χ2n) is 5.17. The van der Waals surface area contributed by atoms with E-state index in [1.54, 1.807) is 37.3 Å². The number of aliphatic carboxylic acids is 1. The number of esters is 1. The van der Waals surface area contributed by atoms with Crippen molar-refractivity contribution in [1.82, 2.24) is 4.98 Å². The van der Waals surface area contributed by atoms with Gasteiger partial charge in [-0.3, -0.25) is 0 Å². The molecule has 0 fully saturated rings. The van der Waals surface area contributed by atoms with E-state index >= 15 is 0 Å². The van der Waals surface area contributed by atoms with Crippen molar-refractivity contribution in [3.8, 4) is 11.6 Å². The molecule has 0 saturated heterocycles. The Hall–Kier alpha value is -2.83. The van der Waals surface area contributed by atoms with E-state index < -0.39 is 24.1 Å². The Morgan fingerprint density at radius 1 is 1.25 bits per heavy atom. The largest absolute Gasteiger partial charge is 0.481 e. The predicted molar refractivity (Wildman–Crippen MR) is 86.2 cm³/mol. The van der Waals surface area contributed by atoms with Gasteiger partial charge in [0.15, 0.2) is 0 Å². The van der Waals surface area contributed by atoms with E-state index in [0.717, 1.165) is 5.39 Å². The van der Waals surface area contributed by atoms with E-state index in [4.69, 9.17) is 14.2 Å². The van der Waals surface area contributed by atoms with Crippen LogP contribution in [0.3, 0.4) is 0 Å². The number of carbonyl (C=O) groups excluding carboxylic acids is 1. The molecule has 0 radical (unpaired) electrons. The lowest BCUT2D eigenvalue weighted by Crippen LogP contribution is -2.38. The summed E-state index contributed by atoms with van der Waals surface area (Å²) in [6, 6.07) is 8.47. The molecule has 0 spiro atoms. The highest BCUT2D eigenvalue weighted by molar-refractivity contribution is 5.98. The van der Waals surface area contributed by atoms with Gasteiger partial charge < -0.3 is 19.3 Å². The number of hydrogen-bond donors (Lipinski definition) is 1. The van der Waals surface area contributed by atoms with Crippen molar-refractivity contribution in [2.24, 2.45) is 0 Å². The number of carbonyl (C=O) groups is 2. The van der Waals surface area contributed by atoms with E-state index in [0.29, 0.717) is 17.8 Å². The minimum atomic E-state index is -1.77. The molecule has 2 aromatic rings. The minimum absolute atomic E-state index is 0.167. The summed E-state index contributed by atoms with van der Waals surface area (Å²) >= 11 is 0. The fraction of sp³-hybridized carbons (Fsp3) is 0.353. The third-order valence-electron chi connectivity index (χ3n) is 3.44. The van der Waals surface area contributed by atoms with Crippen molar-refractivity contribution < 1.29 is 28.9 Å². The number of para-hydroxylation sites is 1. The summed E-state index contributed by atoms with van der Waals surface area (Å²) in [4.78, 5) is 27.7. The molecule has 0 saturated carbocycles. The number of methoxy groups -OCH3 is 1. The third kappa shape index (κ3) is 3.92. The number of benzene rings is 1. The van der Waals surface area contributed by atoms with Crippen LogP contribution < -0.4 is 9.47 Å². The Bertz CT molecular complexity index is 745. The lowest BCUT2D eigenvalue weighted by Gasteiger charge is -2.18. The Morgan fingerprint density at radius 3 is 2.62 bits per heavy atom. The fourth-order valence-electron chi connectivity index (χ4n) is 1.98. The van der Waals surface area contributed by atoms with E-state index in [1.165, 1.54) is 7.11 Å². The quantitative estimate of drug-likeness (QED) is 0.614. The van der Waals surface area contributed by atoms with Crippen molar-refractivity contribution in [1.29, 1.82) is 0 Å². The highest BCUT2D eigenvalue weighted by Gasteiger charge is 2.32. The molecule has 0 bridgehead atoms. The van der Waals surface area contributed by atoms with Gasteiger partial charge in [-0.2, -0.15) is 0 Å². The number of aromatic nitrogens is 1. The summed E-state index contributed by atoms with van der Waals surface area (Å²) in [5, 5.41) is 10.0. The second-order valence-corrected chi connectivity index (χ2v) is 5.17. The van der Waals surface area contributed by atoms with Crippen molar-refractivity contribution >= 4 is 22.8 Å². The molecular weight excluding hydrogens is 314 g/mol. The Kier molecular flexibility index (Phi) is 5.57. The number of ether oxygens (including phenoxy) is 3. The van der Waals surface area contributed by atoms with E-state index in [2.05, 4.69) is 4.98 Å². The minimum Gasteiger partial charge on any atom is -0.481 e. The Morgan fingerprint density at radius 2 is 2.00 bits per heavy atom. The number of pyridine rings is 1. The molecule has 2 atom stereocenters. The van der Waals surface area contributed by atoms with Crippen LogP contribution in [-0.2, 0) is 14.3 Å². The number of fused-ring (bicyclic) bond motifs is 1. The Labute approximate surface area is 139 Å². The molecule has 128 valence electrons. The van der Waals surface area contributed by atoms with Gasteiger partial charge in [0.2, 0.25) is 5.88 Å². The van der Waals surface area contributed by atoms with E-state index in [-0.39, 0.29) is 5.75 Å². The second kappa shape index (κ2) is 7.63. The standard InChI is InChI=1S/C17H19NO6/c1-4-10(2)23-17(21)15(16(19)20)24-12-7-5-6-11-8-9-13(22-3)18-14(11)12/h5-10,15H,4H2,1-3H3,(H,19,20). The van der Waals surface area contributed by atoms with Gasteiger partial charge in [-0.05, 0) is 25.5 Å². The van der Waals surface area contributed by atoms with E-state index in [9.17, 15) is 14.7 Å². The molecule has 2 rings (SSSR count). The van der Waals surface area contributed by atoms with Gasteiger partial charge in [-0.15, -0.1) is 0 Å². The molecule has 1 aromatic carbocycles. The molecule has 1 N–H and O–H groups in total. The topological polar surface area (TPSA) is 95.0 Å².